The molecule has 0 amide bonds. The molecule has 1 rings (SSSR count). The molecule has 0 aliphatic carbocycles. The Morgan fingerprint density at radius 3 is 2.75 bits per heavy atom. The highest BCUT2D eigenvalue weighted by atomic mass is 35.5. The van der Waals surface area contributed by atoms with E-state index in [-0.39, 0.29) is 5.82 Å². The van der Waals surface area contributed by atoms with Gasteiger partial charge in [0.1, 0.15) is 5.82 Å². The first-order chi connectivity index (χ1) is 7.74. The molecular formula is C12H16Cl2FN. The van der Waals surface area contributed by atoms with Crippen molar-refractivity contribution in [2.45, 2.75) is 25.8 Å². The highest BCUT2D eigenvalue weighted by Crippen LogP contribution is 2.16. The van der Waals surface area contributed by atoms with Crippen LogP contribution in [0, 0.1) is 5.82 Å². The fourth-order valence-corrected chi connectivity index (χ4v) is 1.80. The Labute approximate surface area is 106 Å². The lowest BCUT2D eigenvalue weighted by Gasteiger charge is -2.06. The second kappa shape index (κ2) is 7.88. The van der Waals surface area contributed by atoms with Crippen LogP contribution >= 0.6 is 23.2 Å². The van der Waals surface area contributed by atoms with E-state index in [0.717, 1.165) is 37.3 Å². The summed E-state index contributed by atoms with van der Waals surface area (Å²) in [5.41, 5.74) is 0.805. The quantitative estimate of drug-likeness (QED) is 0.580. The van der Waals surface area contributed by atoms with Crippen molar-refractivity contribution < 1.29 is 4.39 Å². The summed E-state index contributed by atoms with van der Waals surface area (Å²) < 4.78 is 12.9. The van der Waals surface area contributed by atoms with Gasteiger partial charge in [-0.15, -0.1) is 11.6 Å². The Morgan fingerprint density at radius 1 is 1.19 bits per heavy atom. The molecule has 0 heterocycles. The third-order valence-electron chi connectivity index (χ3n) is 2.31. The molecule has 0 aliphatic heterocycles. The van der Waals surface area contributed by atoms with Gasteiger partial charge in [0.15, 0.2) is 0 Å². The SMILES string of the molecule is Fc1ccc(Cl)c(CNCCCCCCl)c1. The number of halogens is 3. The Balaban J connectivity index is 2.23. The van der Waals surface area contributed by atoms with Crippen LogP contribution in [-0.4, -0.2) is 12.4 Å². The predicted octanol–water partition coefficient (Wildman–Crippen LogP) is 3.98. The van der Waals surface area contributed by atoms with Crippen LogP contribution in [-0.2, 0) is 6.54 Å². The molecule has 0 aliphatic rings. The van der Waals surface area contributed by atoms with Gasteiger partial charge in [-0.25, -0.2) is 4.39 Å². The van der Waals surface area contributed by atoms with Crippen LogP contribution in [0.15, 0.2) is 18.2 Å². The standard InChI is InChI=1S/C12H16Cl2FN/c13-6-2-1-3-7-16-9-10-8-11(15)4-5-12(10)14/h4-5,8,16H,1-3,6-7,9H2. The van der Waals surface area contributed by atoms with Crippen LogP contribution in [0.25, 0.3) is 0 Å². The molecular weight excluding hydrogens is 248 g/mol. The summed E-state index contributed by atoms with van der Waals surface area (Å²) in [6, 6.07) is 4.42. The Morgan fingerprint density at radius 2 is 2.00 bits per heavy atom. The lowest BCUT2D eigenvalue weighted by molar-refractivity contribution is 0.605. The first kappa shape index (κ1) is 13.8. The van der Waals surface area contributed by atoms with Crippen LogP contribution in [0.2, 0.25) is 5.02 Å². The summed E-state index contributed by atoms with van der Waals surface area (Å²) in [7, 11) is 0. The van der Waals surface area contributed by atoms with Gasteiger partial charge in [0.05, 0.1) is 0 Å². The molecule has 0 bridgehead atoms. The smallest absolute Gasteiger partial charge is 0.123 e. The molecule has 16 heavy (non-hydrogen) atoms. The molecule has 0 fully saturated rings. The van der Waals surface area contributed by atoms with Gasteiger partial charge in [0.25, 0.3) is 0 Å². The molecule has 1 aromatic rings. The fourth-order valence-electron chi connectivity index (χ4n) is 1.42. The van der Waals surface area contributed by atoms with Gasteiger partial charge in [0.2, 0.25) is 0 Å². The molecule has 90 valence electrons. The van der Waals surface area contributed by atoms with Crippen molar-refractivity contribution in [3.8, 4) is 0 Å². The van der Waals surface area contributed by atoms with E-state index < -0.39 is 0 Å². The maximum Gasteiger partial charge on any atom is 0.123 e. The largest absolute Gasteiger partial charge is 0.313 e. The van der Waals surface area contributed by atoms with Crippen molar-refractivity contribution in [1.29, 1.82) is 0 Å². The van der Waals surface area contributed by atoms with Gasteiger partial charge in [-0.1, -0.05) is 18.0 Å². The number of unbranched alkanes of at least 4 members (excludes halogenated alkanes) is 2. The molecule has 0 unspecified atom stereocenters. The highest BCUT2D eigenvalue weighted by Gasteiger charge is 2.01. The Kier molecular flexibility index (Phi) is 6.78. The molecule has 0 atom stereocenters. The highest BCUT2D eigenvalue weighted by molar-refractivity contribution is 6.31. The first-order valence-electron chi connectivity index (χ1n) is 5.44. The summed E-state index contributed by atoms with van der Waals surface area (Å²) in [5, 5.41) is 3.84. The summed E-state index contributed by atoms with van der Waals surface area (Å²) in [6.45, 7) is 1.52. The maximum atomic E-state index is 12.9. The number of hydrogen-bond acceptors (Lipinski definition) is 1. The van der Waals surface area contributed by atoms with Crippen molar-refractivity contribution >= 4 is 23.2 Å². The third kappa shape index (κ3) is 5.15. The number of hydrogen-bond donors (Lipinski definition) is 1. The van der Waals surface area contributed by atoms with Gasteiger partial charge < -0.3 is 5.32 Å². The van der Waals surface area contributed by atoms with Gasteiger partial charge in [-0.3, -0.25) is 0 Å². The zero-order valence-electron chi connectivity index (χ0n) is 9.11. The molecule has 0 saturated heterocycles. The second-order valence-corrected chi connectivity index (χ2v) is 4.45. The van der Waals surface area contributed by atoms with Crippen molar-refractivity contribution in [3.63, 3.8) is 0 Å². The number of nitrogens with one attached hydrogen (secondary N) is 1. The molecule has 0 radical (unpaired) electrons. The van der Waals surface area contributed by atoms with E-state index in [9.17, 15) is 4.39 Å². The molecule has 4 heteroatoms. The predicted molar refractivity (Wildman–Crippen MR) is 67.7 cm³/mol. The molecule has 0 aromatic heterocycles. The number of rotatable bonds is 7. The maximum absolute atomic E-state index is 12.9. The Bertz CT molecular complexity index is 318. The van der Waals surface area contributed by atoms with Crippen LogP contribution in [0.1, 0.15) is 24.8 Å². The molecule has 1 aromatic carbocycles. The molecule has 0 saturated carbocycles. The number of benzene rings is 1. The molecule has 1 N–H and O–H groups in total. The summed E-state index contributed by atoms with van der Waals surface area (Å²) in [5.74, 6) is 0.471. The summed E-state index contributed by atoms with van der Waals surface area (Å²) in [4.78, 5) is 0. The lowest BCUT2D eigenvalue weighted by Crippen LogP contribution is -2.15. The first-order valence-corrected chi connectivity index (χ1v) is 6.36. The van der Waals surface area contributed by atoms with E-state index in [0.29, 0.717) is 11.6 Å². The van der Waals surface area contributed by atoms with E-state index in [1.54, 1.807) is 6.07 Å². The van der Waals surface area contributed by atoms with E-state index in [1.807, 2.05) is 0 Å². The number of alkyl halides is 1. The van der Waals surface area contributed by atoms with Crippen LogP contribution in [0.5, 0.6) is 0 Å². The second-order valence-electron chi connectivity index (χ2n) is 3.66. The summed E-state index contributed by atoms with van der Waals surface area (Å²) >= 11 is 11.5. The van der Waals surface area contributed by atoms with Crippen LogP contribution in [0.3, 0.4) is 0 Å². The lowest BCUT2D eigenvalue weighted by atomic mass is 10.2. The van der Waals surface area contributed by atoms with Crippen LogP contribution in [0.4, 0.5) is 4.39 Å². The monoisotopic (exact) mass is 263 g/mol. The average molecular weight is 264 g/mol. The minimum Gasteiger partial charge on any atom is -0.313 e. The van der Waals surface area contributed by atoms with Gasteiger partial charge in [0, 0.05) is 17.4 Å². The van der Waals surface area contributed by atoms with Gasteiger partial charge >= 0.3 is 0 Å². The van der Waals surface area contributed by atoms with Crippen molar-refractivity contribution in [3.05, 3.63) is 34.6 Å². The third-order valence-corrected chi connectivity index (χ3v) is 2.95. The van der Waals surface area contributed by atoms with E-state index in [1.165, 1.54) is 12.1 Å². The van der Waals surface area contributed by atoms with Crippen molar-refractivity contribution in [2.24, 2.45) is 0 Å². The molecule has 1 nitrogen and oxygen atoms in total. The average Bonchev–Trinajstić information content (AvgIpc) is 2.28. The van der Waals surface area contributed by atoms with E-state index in [4.69, 9.17) is 23.2 Å². The van der Waals surface area contributed by atoms with Crippen LogP contribution < -0.4 is 5.32 Å². The van der Waals surface area contributed by atoms with Crippen molar-refractivity contribution in [1.82, 2.24) is 5.32 Å². The normalized spacial score (nSPS) is 10.7. The summed E-state index contributed by atoms with van der Waals surface area (Å²) in [6.07, 6.45) is 3.25. The minimum absolute atomic E-state index is 0.247. The van der Waals surface area contributed by atoms with E-state index in [2.05, 4.69) is 5.32 Å². The Hall–Kier alpha value is -0.310. The van der Waals surface area contributed by atoms with Crippen molar-refractivity contribution in [2.75, 3.05) is 12.4 Å². The molecule has 0 spiro atoms. The zero-order valence-corrected chi connectivity index (χ0v) is 10.6. The van der Waals surface area contributed by atoms with Gasteiger partial charge in [-0.2, -0.15) is 0 Å². The minimum atomic E-state index is -0.247. The van der Waals surface area contributed by atoms with Gasteiger partial charge in [-0.05, 0) is 43.1 Å². The van der Waals surface area contributed by atoms with E-state index >= 15 is 0 Å². The fraction of sp³-hybridized carbons (Fsp3) is 0.500. The zero-order chi connectivity index (χ0) is 11.8. The topological polar surface area (TPSA) is 12.0 Å².